The molecule has 0 aliphatic heterocycles. The summed E-state index contributed by atoms with van der Waals surface area (Å²) in [5.74, 6) is 0.704. The minimum atomic E-state index is 0.623. The zero-order chi connectivity index (χ0) is 8.43. The van der Waals surface area contributed by atoms with E-state index in [4.69, 9.17) is 10.5 Å². The van der Waals surface area contributed by atoms with Gasteiger partial charge in [0.05, 0.1) is 18.5 Å². The van der Waals surface area contributed by atoms with Gasteiger partial charge in [-0.25, -0.2) is 0 Å². The lowest BCUT2D eigenvalue weighted by atomic mass is 10.2. The lowest BCUT2D eigenvalue weighted by Gasteiger charge is -2.06. The molecule has 1 rings (SSSR count). The first-order chi connectivity index (χ1) is 5.15. The Bertz CT molecular complexity index is 271. The van der Waals surface area contributed by atoms with E-state index >= 15 is 0 Å². The number of hydrogen-bond donors (Lipinski definition) is 1. The molecule has 0 saturated carbocycles. The molecule has 0 amide bonds. The quantitative estimate of drug-likeness (QED) is 0.659. The highest BCUT2D eigenvalue weighted by molar-refractivity contribution is 5.55. The fraction of sp³-hybridized carbons (Fsp3) is 0.375. The Morgan fingerprint density at radius 3 is 2.64 bits per heavy atom. The van der Waals surface area contributed by atoms with Gasteiger partial charge in [-0.3, -0.25) is 4.98 Å². The van der Waals surface area contributed by atoms with Gasteiger partial charge in [0, 0.05) is 11.8 Å². The van der Waals surface area contributed by atoms with Crippen molar-refractivity contribution < 1.29 is 4.74 Å². The van der Waals surface area contributed by atoms with Crippen molar-refractivity contribution in [2.24, 2.45) is 0 Å². The van der Waals surface area contributed by atoms with Crippen molar-refractivity contribution in [1.29, 1.82) is 0 Å². The van der Waals surface area contributed by atoms with Crippen molar-refractivity contribution in [1.82, 2.24) is 4.98 Å². The number of nitrogens with two attached hydrogens (primary N) is 1. The van der Waals surface area contributed by atoms with Crippen LogP contribution in [0.3, 0.4) is 0 Å². The van der Waals surface area contributed by atoms with Crippen molar-refractivity contribution in [2.75, 3.05) is 12.8 Å². The van der Waals surface area contributed by atoms with Crippen LogP contribution in [0, 0.1) is 13.8 Å². The summed E-state index contributed by atoms with van der Waals surface area (Å²) < 4.78 is 5.04. The molecule has 0 unspecified atom stereocenters. The molecule has 1 aromatic rings. The lowest BCUT2D eigenvalue weighted by Crippen LogP contribution is -1.98. The number of ether oxygens (including phenoxy) is 1. The molecule has 11 heavy (non-hydrogen) atoms. The highest BCUT2D eigenvalue weighted by atomic mass is 16.5. The molecule has 0 spiro atoms. The predicted octanol–water partition coefficient (Wildman–Crippen LogP) is 1.29. The molecule has 1 heterocycles. The van der Waals surface area contributed by atoms with Crippen molar-refractivity contribution in [2.45, 2.75) is 13.8 Å². The van der Waals surface area contributed by atoms with E-state index in [9.17, 15) is 0 Å². The summed E-state index contributed by atoms with van der Waals surface area (Å²) in [7, 11) is 1.60. The maximum Gasteiger partial charge on any atom is 0.145 e. The Kier molecular flexibility index (Phi) is 1.98. The summed E-state index contributed by atoms with van der Waals surface area (Å²) >= 11 is 0. The lowest BCUT2D eigenvalue weighted by molar-refractivity contribution is 0.415. The number of nitrogen functional groups attached to an aromatic ring is 1. The predicted molar refractivity (Wildman–Crippen MR) is 44.7 cm³/mol. The first-order valence-electron chi connectivity index (χ1n) is 3.43. The summed E-state index contributed by atoms with van der Waals surface area (Å²) in [6.07, 6.45) is 0. The van der Waals surface area contributed by atoms with E-state index in [0.717, 1.165) is 11.4 Å². The maximum absolute atomic E-state index is 5.67. The maximum atomic E-state index is 5.67. The smallest absolute Gasteiger partial charge is 0.145 e. The Balaban J connectivity index is 3.24. The topological polar surface area (TPSA) is 48.1 Å². The van der Waals surface area contributed by atoms with Gasteiger partial charge in [-0.1, -0.05) is 0 Å². The van der Waals surface area contributed by atoms with Gasteiger partial charge in [-0.05, 0) is 13.8 Å². The van der Waals surface area contributed by atoms with E-state index in [0.29, 0.717) is 11.4 Å². The SMILES string of the molecule is COc1cc(C)nc(C)c1N. The van der Waals surface area contributed by atoms with Crippen molar-refractivity contribution >= 4 is 5.69 Å². The number of rotatable bonds is 1. The van der Waals surface area contributed by atoms with Gasteiger partial charge in [0.25, 0.3) is 0 Å². The van der Waals surface area contributed by atoms with Gasteiger partial charge in [0.1, 0.15) is 5.75 Å². The standard InChI is InChI=1S/C8H12N2O/c1-5-4-7(11-3)8(9)6(2)10-5/h4H,9H2,1-3H3. The highest BCUT2D eigenvalue weighted by Gasteiger charge is 2.03. The minimum absolute atomic E-state index is 0.623. The summed E-state index contributed by atoms with van der Waals surface area (Å²) in [5.41, 5.74) is 8.04. The van der Waals surface area contributed by atoms with Crippen molar-refractivity contribution in [3.8, 4) is 5.75 Å². The van der Waals surface area contributed by atoms with Crippen LogP contribution in [0.5, 0.6) is 5.75 Å². The summed E-state index contributed by atoms with van der Waals surface area (Å²) in [5, 5.41) is 0. The van der Waals surface area contributed by atoms with Crippen LogP contribution in [0.2, 0.25) is 0 Å². The van der Waals surface area contributed by atoms with Gasteiger partial charge in [-0.15, -0.1) is 0 Å². The number of pyridine rings is 1. The van der Waals surface area contributed by atoms with Crippen molar-refractivity contribution in [3.05, 3.63) is 17.5 Å². The van der Waals surface area contributed by atoms with E-state index in [1.807, 2.05) is 19.9 Å². The summed E-state index contributed by atoms with van der Waals surface area (Å²) in [6.45, 7) is 3.78. The van der Waals surface area contributed by atoms with Crippen LogP contribution in [0.15, 0.2) is 6.07 Å². The molecule has 0 fully saturated rings. The van der Waals surface area contributed by atoms with Gasteiger partial charge < -0.3 is 10.5 Å². The number of aryl methyl sites for hydroxylation is 2. The van der Waals surface area contributed by atoms with Crippen LogP contribution in [0.4, 0.5) is 5.69 Å². The fourth-order valence-corrected chi connectivity index (χ4v) is 0.972. The summed E-state index contributed by atoms with van der Waals surface area (Å²) in [6, 6.07) is 1.82. The normalized spacial score (nSPS) is 9.73. The highest BCUT2D eigenvalue weighted by Crippen LogP contribution is 2.23. The number of aromatic nitrogens is 1. The van der Waals surface area contributed by atoms with Crippen LogP contribution in [0.25, 0.3) is 0 Å². The second-order valence-electron chi connectivity index (χ2n) is 2.46. The van der Waals surface area contributed by atoms with Gasteiger partial charge in [0.2, 0.25) is 0 Å². The molecule has 3 nitrogen and oxygen atoms in total. The molecule has 60 valence electrons. The number of hydrogen-bond acceptors (Lipinski definition) is 3. The van der Waals surface area contributed by atoms with Gasteiger partial charge in [-0.2, -0.15) is 0 Å². The molecule has 3 heteroatoms. The van der Waals surface area contributed by atoms with E-state index in [1.165, 1.54) is 0 Å². The zero-order valence-corrected chi connectivity index (χ0v) is 7.01. The van der Waals surface area contributed by atoms with E-state index in [1.54, 1.807) is 7.11 Å². The molecule has 1 aromatic heterocycles. The van der Waals surface area contributed by atoms with Gasteiger partial charge >= 0.3 is 0 Å². The number of methoxy groups -OCH3 is 1. The van der Waals surface area contributed by atoms with E-state index in [2.05, 4.69) is 4.98 Å². The third kappa shape index (κ3) is 1.42. The Labute approximate surface area is 66.2 Å². The van der Waals surface area contributed by atoms with Crippen LogP contribution in [0.1, 0.15) is 11.4 Å². The Hall–Kier alpha value is -1.25. The first kappa shape index (κ1) is 7.85. The summed E-state index contributed by atoms with van der Waals surface area (Å²) in [4.78, 5) is 4.18. The van der Waals surface area contributed by atoms with Crippen LogP contribution < -0.4 is 10.5 Å². The number of nitrogens with zero attached hydrogens (tertiary/aromatic N) is 1. The van der Waals surface area contributed by atoms with Gasteiger partial charge in [0.15, 0.2) is 0 Å². The fourth-order valence-electron chi connectivity index (χ4n) is 0.972. The monoisotopic (exact) mass is 152 g/mol. The average molecular weight is 152 g/mol. The van der Waals surface area contributed by atoms with Crippen molar-refractivity contribution in [3.63, 3.8) is 0 Å². The Morgan fingerprint density at radius 2 is 2.09 bits per heavy atom. The molecule has 0 saturated heterocycles. The molecule has 0 atom stereocenters. The third-order valence-electron chi connectivity index (χ3n) is 1.56. The minimum Gasteiger partial charge on any atom is -0.494 e. The largest absolute Gasteiger partial charge is 0.494 e. The third-order valence-corrected chi connectivity index (χ3v) is 1.56. The molecule has 2 N–H and O–H groups in total. The van der Waals surface area contributed by atoms with Crippen LogP contribution >= 0.6 is 0 Å². The second-order valence-corrected chi connectivity index (χ2v) is 2.46. The molecular weight excluding hydrogens is 140 g/mol. The first-order valence-corrected chi connectivity index (χ1v) is 3.43. The second kappa shape index (κ2) is 2.78. The Morgan fingerprint density at radius 1 is 1.45 bits per heavy atom. The molecule has 0 radical (unpaired) electrons. The zero-order valence-electron chi connectivity index (χ0n) is 7.01. The van der Waals surface area contributed by atoms with E-state index in [-0.39, 0.29) is 0 Å². The molecular formula is C8H12N2O. The molecule has 0 aromatic carbocycles. The number of anilines is 1. The van der Waals surface area contributed by atoms with E-state index < -0.39 is 0 Å². The average Bonchev–Trinajstić information content (AvgIpc) is 1.96. The van der Waals surface area contributed by atoms with Crippen LogP contribution in [-0.4, -0.2) is 12.1 Å². The molecule has 0 aliphatic rings. The molecule has 0 bridgehead atoms. The van der Waals surface area contributed by atoms with Crippen LogP contribution in [-0.2, 0) is 0 Å². The molecule has 0 aliphatic carbocycles.